The number of carbonyl (C=O) groups excluding carboxylic acids is 1. The summed E-state index contributed by atoms with van der Waals surface area (Å²) in [6, 6.07) is 9.21. The minimum Gasteiger partial charge on any atom is -0.496 e. The number of hydrogen-bond donors (Lipinski definition) is 3. The molecule has 142 valence electrons. The van der Waals surface area contributed by atoms with Crippen molar-refractivity contribution in [1.82, 2.24) is 20.4 Å². The van der Waals surface area contributed by atoms with Gasteiger partial charge in [0.05, 0.1) is 19.3 Å². The average molecular weight is 381 g/mol. The standard InChI is InChI=1S/C18H24N4O3.ClH/c1-25-17-7-3-2-6-14(17)16(23)12-20-18(24)15-8-10-22(21-15)13-5-4-9-19-11-13;/h2-3,6-8,10,13,16,19,23H,4-5,9,11-12H2,1H3,(H,20,24);1H. The van der Waals surface area contributed by atoms with Crippen molar-refractivity contribution < 1.29 is 14.6 Å². The molecule has 1 amide bonds. The van der Waals surface area contributed by atoms with Crippen molar-refractivity contribution in [3.63, 3.8) is 0 Å². The minimum atomic E-state index is -0.843. The zero-order valence-electron chi connectivity index (χ0n) is 14.7. The molecule has 26 heavy (non-hydrogen) atoms. The summed E-state index contributed by atoms with van der Waals surface area (Å²) in [5.41, 5.74) is 1.00. The lowest BCUT2D eigenvalue weighted by Gasteiger charge is -2.22. The number of hydrogen-bond acceptors (Lipinski definition) is 5. The minimum absolute atomic E-state index is 0. The predicted molar refractivity (Wildman–Crippen MR) is 101 cm³/mol. The second kappa shape index (κ2) is 9.56. The maximum atomic E-state index is 12.3. The predicted octanol–water partition coefficient (Wildman–Crippen LogP) is 1.70. The topological polar surface area (TPSA) is 88.4 Å². The third kappa shape index (κ3) is 4.75. The van der Waals surface area contributed by atoms with Crippen LogP contribution in [-0.4, -0.2) is 47.5 Å². The van der Waals surface area contributed by atoms with Crippen LogP contribution in [0.1, 0.15) is 41.0 Å². The number of methoxy groups -OCH3 is 1. The van der Waals surface area contributed by atoms with Gasteiger partial charge in [-0.3, -0.25) is 9.48 Å². The first-order valence-corrected chi connectivity index (χ1v) is 8.54. The van der Waals surface area contributed by atoms with E-state index in [1.807, 2.05) is 23.0 Å². The molecule has 7 nitrogen and oxygen atoms in total. The highest BCUT2D eigenvalue weighted by molar-refractivity contribution is 5.92. The molecule has 8 heteroatoms. The van der Waals surface area contributed by atoms with Gasteiger partial charge in [0.2, 0.25) is 0 Å². The number of ether oxygens (including phenoxy) is 1. The lowest BCUT2D eigenvalue weighted by Crippen LogP contribution is -2.32. The van der Waals surface area contributed by atoms with Crippen molar-refractivity contribution in [2.75, 3.05) is 26.7 Å². The molecule has 1 aliphatic rings. The molecule has 0 spiro atoms. The van der Waals surface area contributed by atoms with Gasteiger partial charge in [-0.1, -0.05) is 18.2 Å². The van der Waals surface area contributed by atoms with Crippen LogP contribution in [0.3, 0.4) is 0 Å². The monoisotopic (exact) mass is 380 g/mol. The van der Waals surface area contributed by atoms with Crippen LogP contribution >= 0.6 is 12.4 Å². The van der Waals surface area contributed by atoms with E-state index in [0.29, 0.717) is 17.0 Å². The SMILES string of the molecule is COc1ccccc1C(O)CNC(=O)c1ccn(C2CCCNC2)n1.Cl. The smallest absolute Gasteiger partial charge is 0.271 e. The van der Waals surface area contributed by atoms with Crippen molar-refractivity contribution >= 4 is 18.3 Å². The highest BCUT2D eigenvalue weighted by atomic mass is 35.5. The zero-order valence-corrected chi connectivity index (χ0v) is 15.5. The molecule has 0 saturated carbocycles. The third-order valence-electron chi connectivity index (χ3n) is 4.44. The second-order valence-corrected chi connectivity index (χ2v) is 6.15. The molecular formula is C18H25ClN4O3. The Morgan fingerprint density at radius 2 is 2.27 bits per heavy atom. The number of aromatic nitrogens is 2. The molecule has 0 aliphatic carbocycles. The third-order valence-corrected chi connectivity index (χ3v) is 4.44. The molecule has 2 heterocycles. The number of halogens is 1. The number of benzene rings is 1. The maximum absolute atomic E-state index is 12.3. The van der Waals surface area contributed by atoms with E-state index in [1.165, 1.54) is 0 Å². The van der Waals surface area contributed by atoms with E-state index in [0.717, 1.165) is 25.9 Å². The molecule has 1 saturated heterocycles. The summed E-state index contributed by atoms with van der Waals surface area (Å²) in [5.74, 6) is 0.301. The van der Waals surface area contributed by atoms with Crippen molar-refractivity contribution in [2.24, 2.45) is 0 Å². The number of carbonyl (C=O) groups is 1. The molecular weight excluding hydrogens is 356 g/mol. The van der Waals surface area contributed by atoms with Crippen molar-refractivity contribution in [3.05, 3.63) is 47.8 Å². The Labute approximate surface area is 159 Å². The fraction of sp³-hybridized carbons (Fsp3) is 0.444. The van der Waals surface area contributed by atoms with Gasteiger partial charge in [0, 0.05) is 24.8 Å². The maximum Gasteiger partial charge on any atom is 0.271 e. The summed E-state index contributed by atoms with van der Waals surface area (Å²) in [6.07, 6.45) is 3.16. The second-order valence-electron chi connectivity index (χ2n) is 6.15. The quantitative estimate of drug-likeness (QED) is 0.710. The number of aliphatic hydroxyl groups excluding tert-OH is 1. The molecule has 2 aromatic rings. The Kier molecular flexibility index (Phi) is 7.44. The average Bonchev–Trinajstić information content (AvgIpc) is 3.17. The molecule has 0 bridgehead atoms. The Balaban J connectivity index is 0.00000243. The summed E-state index contributed by atoms with van der Waals surface area (Å²) in [7, 11) is 1.55. The summed E-state index contributed by atoms with van der Waals surface area (Å²) in [6.45, 7) is 2.00. The number of nitrogens with one attached hydrogen (secondary N) is 2. The van der Waals surface area contributed by atoms with Crippen LogP contribution in [0.4, 0.5) is 0 Å². The van der Waals surface area contributed by atoms with Gasteiger partial charge in [0.1, 0.15) is 11.4 Å². The summed E-state index contributed by atoms with van der Waals surface area (Å²) in [5, 5.41) is 20.7. The van der Waals surface area contributed by atoms with E-state index in [4.69, 9.17) is 4.74 Å². The van der Waals surface area contributed by atoms with Crippen molar-refractivity contribution in [2.45, 2.75) is 25.0 Å². The first kappa shape index (κ1) is 20.2. The molecule has 1 fully saturated rings. The van der Waals surface area contributed by atoms with Crippen LogP contribution in [0.2, 0.25) is 0 Å². The highest BCUT2D eigenvalue weighted by Crippen LogP contribution is 2.24. The number of piperidine rings is 1. The summed E-state index contributed by atoms with van der Waals surface area (Å²) in [4.78, 5) is 12.3. The van der Waals surface area contributed by atoms with E-state index >= 15 is 0 Å². The van der Waals surface area contributed by atoms with Gasteiger partial charge < -0.3 is 20.5 Å². The zero-order chi connectivity index (χ0) is 17.6. The largest absolute Gasteiger partial charge is 0.496 e. The number of para-hydroxylation sites is 1. The fourth-order valence-corrected chi connectivity index (χ4v) is 3.05. The van der Waals surface area contributed by atoms with Gasteiger partial charge in [0.15, 0.2) is 0 Å². The number of rotatable bonds is 6. The van der Waals surface area contributed by atoms with Crippen LogP contribution in [0.25, 0.3) is 0 Å². The van der Waals surface area contributed by atoms with Crippen molar-refractivity contribution in [3.8, 4) is 5.75 Å². The van der Waals surface area contributed by atoms with Gasteiger partial charge in [-0.05, 0) is 31.5 Å². The first-order valence-electron chi connectivity index (χ1n) is 8.54. The number of amides is 1. The van der Waals surface area contributed by atoms with E-state index < -0.39 is 6.10 Å². The lowest BCUT2D eigenvalue weighted by atomic mass is 10.1. The molecule has 1 aromatic heterocycles. The number of aliphatic hydroxyl groups is 1. The van der Waals surface area contributed by atoms with Crippen LogP contribution in [0.5, 0.6) is 5.75 Å². The Bertz CT molecular complexity index is 716. The van der Waals surface area contributed by atoms with E-state index in [-0.39, 0.29) is 30.9 Å². The highest BCUT2D eigenvalue weighted by Gasteiger charge is 2.19. The van der Waals surface area contributed by atoms with Crippen LogP contribution in [-0.2, 0) is 0 Å². The molecule has 2 atom stereocenters. The molecule has 1 aliphatic heterocycles. The summed E-state index contributed by atoms with van der Waals surface area (Å²) >= 11 is 0. The Hall–Kier alpha value is -2.09. The van der Waals surface area contributed by atoms with Crippen LogP contribution in [0.15, 0.2) is 36.5 Å². The molecule has 1 aromatic carbocycles. The molecule has 2 unspecified atom stereocenters. The molecule has 3 rings (SSSR count). The van der Waals surface area contributed by atoms with Crippen LogP contribution < -0.4 is 15.4 Å². The lowest BCUT2D eigenvalue weighted by molar-refractivity contribution is 0.0908. The van der Waals surface area contributed by atoms with Crippen LogP contribution in [0, 0.1) is 0 Å². The normalized spacial score (nSPS) is 17.8. The molecule has 0 radical (unpaired) electrons. The van der Waals surface area contributed by atoms with Gasteiger partial charge in [-0.25, -0.2) is 0 Å². The first-order chi connectivity index (χ1) is 12.2. The van der Waals surface area contributed by atoms with E-state index in [9.17, 15) is 9.90 Å². The van der Waals surface area contributed by atoms with Gasteiger partial charge in [0.25, 0.3) is 5.91 Å². The van der Waals surface area contributed by atoms with E-state index in [1.54, 1.807) is 25.3 Å². The fourth-order valence-electron chi connectivity index (χ4n) is 3.05. The van der Waals surface area contributed by atoms with Gasteiger partial charge in [-0.15, -0.1) is 12.4 Å². The van der Waals surface area contributed by atoms with Gasteiger partial charge in [-0.2, -0.15) is 5.10 Å². The molecule has 3 N–H and O–H groups in total. The van der Waals surface area contributed by atoms with Crippen molar-refractivity contribution in [1.29, 1.82) is 0 Å². The van der Waals surface area contributed by atoms with E-state index in [2.05, 4.69) is 15.7 Å². The number of nitrogens with zero attached hydrogens (tertiary/aromatic N) is 2. The summed E-state index contributed by atoms with van der Waals surface area (Å²) < 4.78 is 7.08. The van der Waals surface area contributed by atoms with Gasteiger partial charge >= 0.3 is 0 Å². The Morgan fingerprint density at radius 3 is 3.00 bits per heavy atom. The Morgan fingerprint density at radius 1 is 1.46 bits per heavy atom.